The van der Waals surface area contributed by atoms with Gasteiger partial charge < -0.3 is 5.02 Å². The second kappa shape index (κ2) is 2.69. The third-order valence-electron chi connectivity index (χ3n) is 1.23. The summed E-state index contributed by atoms with van der Waals surface area (Å²) in [5.74, 6) is 0. The largest absolute Gasteiger partial charge is 0.450 e. The topological polar surface area (TPSA) is 20.2 Å². The van der Waals surface area contributed by atoms with Gasteiger partial charge in [0.2, 0.25) is 0 Å². The molecule has 0 atom stereocenters. The van der Waals surface area contributed by atoms with Crippen LogP contribution in [0.25, 0.3) is 0 Å². The second-order valence-electron chi connectivity index (χ2n) is 2.04. The minimum Gasteiger partial charge on any atom is -0.450 e. The molecular formula is C7H8BO. The van der Waals surface area contributed by atoms with Gasteiger partial charge in [-0.2, -0.15) is 0 Å². The fourth-order valence-electron chi connectivity index (χ4n) is 0.653. The molecule has 0 amide bonds. The molecule has 1 N–H and O–H groups in total. The van der Waals surface area contributed by atoms with Crippen LogP contribution in [0.2, 0.25) is 0 Å². The molecule has 0 heterocycles. The molecule has 0 bridgehead atoms. The summed E-state index contributed by atoms with van der Waals surface area (Å²) in [5.41, 5.74) is 2.06. The standard InChI is InChI=1S/C7H8BO/c1-6-2-4-7(8-9)5-3-6/h2-5,9H,1H3. The Bertz CT molecular complexity index is 181. The summed E-state index contributed by atoms with van der Waals surface area (Å²) < 4.78 is 0. The molecule has 1 rings (SSSR count). The number of hydrogen-bond donors (Lipinski definition) is 1. The maximum absolute atomic E-state index is 8.50. The Hall–Kier alpha value is -0.755. The van der Waals surface area contributed by atoms with Gasteiger partial charge in [0.05, 0.1) is 0 Å². The van der Waals surface area contributed by atoms with E-state index in [1.54, 1.807) is 0 Å². The van der Waals surface area contributed by atoms with Gasteiger partial charge in [-0.3, -0.25) is 0 Å². The third-order valence-corrected chi connectivity index (χ3v) is 1.23. The summed E-state index contributed by atoms with van der Waals surface area (Å²) in [4.78, 5) is 0. The quantitative estimate of drug-likeness (QED) is 0.524. The minimum atomic E-state index is 0.848. The fourth-order valence-corrected chi connectivity index (χ4v) is 0.653. The van der Waals surface area contributed by atoms with E-state index in [2.05, 4.69) is 0 Å². The molecule has 0 aliphatic rings. The highest BCUT2D eigenvalue weighted by molar-refractivity contribution is 6.45. The molecule has 9 heavy (non-hydrogen) atoms. The van der Waals surface area contributed by atoms with E-state index in [-0.39, 0.29) is 0 Å². The Labute approximate surface area is 55.6 Å². The van der Waals surface area contributed by atoms with Crippen LogP contribution >= 0.6 is 0 Å². The van der Waals surface area contributed by atoms with Crippen molar-refractivity contribution in [3.63, 3.8) is 0 Å². The molecule has 1 radical (unpaired) electrons. The summed E-state index contributed by atoms with van der Waals surface area (Å²) in [6.07, 6.45) is 0. The molecule has 1 nitrogen and oxygen atoms in total. The van der Waals surface area contributed by atoms with Crippen LogP contribution in [0.1, 0.15) is 5.56 Å². The summed E-state index contributed by atoms with van der Waals surface area (Å²) in [7, 11) is 1.10. The molecule has 45 valence electrons. The molecular weight excluding hydrogens is 111 g/mol. The second-order valence-corrected chi connectivity index (χ2v) is 2.04. The SMILES string of the molecule is Cc1ccc([B]O)cc1. The van der Waals surface area contributed by atoms with Crippen LogP contribution in [-0.2, 0) is 0 Å². The number of rotatable bonds is 1. The molecule has 0 spiro atoms. The lowest BCUT2D eigenvalue weighted by atomic mass is 9.88. The van der Waals surface area contributed by atoms with Crippen molar-refractivity contribution in [2.45, 2.75) is 6.92 Å². The Balaban J connectivity index is 2.88. The van der Waals surface area contributed by atoms with Crippen LogP contribution in [0, 0.1) is 6.92 Å². The lowest BCUT2D eigenvalue weighted by molar-refractivity contribution is 0.615. The van der Waals surface area contributed by atoms with Gasteiger partial charge in [-0.25, -0.2) is 0 Å². The van der Waals surface area contributed by atoms with Crippen molar-refractivity contribution in [3.8, 4) is 0 Å². The van der Waals surface area contributed by atoms with Crippen molar-refractivity contribution in [2.75, 3.05) is 0 Å². The summed E-state index contributed by atoms with van der Waals surface area (Å²) >= 11 is 0. The number of aryl methyl sites for hydroxylation is 1. The Kier molecular flexibility index (Phi) is 1.90. The van der Waals surface area contributed by atoms with Gasteiger partial charge in [-0.15, -0.1) is 0 Å². The van der Waals surface area contributed by atoms with Crippen LogP contribution in [0.15, 0.2) is 24.3 Å². The maximum atomic E-state index is 8.50. The average molecular weight is 119 g/mol. The van der Waals surface area contributed by atoms with E-state index >= 15 is 0 Å². The van der Waals surface area contributed by atoms with E-state index in [1.165, 1.54) is 5.56 Å². The zero-order valence-corrected chi connectivity index (χ0v) is 5.33. The van der Waals surface area contributed by atoms with Crippen LogP contribution < -0.4 is 5.46 Å². The van der Waals surface area contributed by atoms with Gasteiger partial charge in [0.15, 0.2) is 0 Å². The van der Waals surface area contributed by atoms with Crippen LogP contribution in [0.4, 0.5) is 0 Å². The van der Waals surface area contributed by atoms with E-state index in [0.29, 0.717) is 0 Å². The highest BCUT2D eigenvalue weighted by Crippen LogP contribution is 1.90. The van der Waals surface area contributed by atoms with Gasteiger partial charge in [-0.1, -0.05) is 35.3 Å². The van der Waals surface area contributed by atoms with Gasteiger partial charge in [-0.05, 0) is 6.92 Å². The molecule has 0 aliphatic heterocycles. The predicted molar refractivity (Wildman–Crippen MR) is 38.8 cm³/mol. The predicted octanol–water partition coefficient (Wildman–Crippen LogP) is 0.232. The van der Waals surface area contributed by atoms with Crippen LogP contribution in [0.3, 0.4) is 0 Å². The average Bonchev–Trinajstić information content (AvgIpc) is 1.90. The molecule has 0 unspecified atom stereocenters. The first-order valence-corrected chi connectivity index (χ1v) is 2.87. The smallest absolute Gasteiger partial charge is 0.326 e. The number of benzene rings is 1. The van der Waals surface area contributed by atoms with E-state index in [4.69, 9.17) is 5.02 Å². The first-order chi connectivity index (χ1) is 4.33. The van der Waals surface area contributed by atoms with Crippen LogP contribution in [-0.4, -0.2) is 12.5 Å². The molecule has 0 saturated heterocycles. The first kappa shape index (κ1) is 6.37. The van der Waals surface area contributed by atoms with E-state index in [9.17, 15) is 0 Å². The lowest BCUT2D eigenvalue weighted by Gasteiger charge is -1.92. The van der Waals surface area contributed by atoms with Crippen LogP contribution in [0.5, 0.6) is 0 Å². The first-order valence-electron chi connectivity index (χ1n) is 2.87. The number of hydrogen-bond acceptors (Lipinski definition) is 1. The highest BCUT2D eigenvalue weighted by atomic mass is 16.2. The van der Waals surface area contributed by atoms with Crippen molar-refractivity contribution in [3.05, 3.63) is 29.8 Å². The molecule has 1 aromatic carbocycles. The monoisotopic (exact) mass is 119 g/mol. The van der Waals surface area contributed by atoms with Gasteiger partial charge in [0, 0.05) is 0 Å². The Morgan fingerprint density at radius 2 is 1.78 bits per heavy atom. The zero-order valence-electron chi connectivity index (χ0n) is 5.33. The van der Waals surface area contributed by atoms with Gasteiger partial charge in [0.1, 0.15) is 0 Å². The normalized spacial score (nSPS) is 9.11. The summed E-state index contributed by atoms with van der Waals surface area (Å²) in [6, 6.07) is 7.66. The highest BCUT2D eigenvalue weighted by Gasteiger charge is 1.89. The summed E-state index contributed by atoms with van der Waals surface area (Å²) in [5, 5.41) is 8.50. The van der Waals surface area contributed by atoms with E-state index in [0.717, 1.165) is 12.9 Å². The molecule has 1 aromatic rings. The van der Waals surface area contributed by atoms with E-state index < -0.39 is 0 Å². The Morgan fingerprint density at radius 3 is 2.22 bits per heavy atom. The fraction of sp³-hybridized carbons (Fsp3) is 0.143. The summed E-state index contributed by atoms with van der Waals surface area (Å²) in [6.45, 7) is 2.02. The van der Waals surface area contributed by atoms with Crippen molar-refractivity contribution in [1.82, 2.24) is 0 Å². The Morgan fingerprint density at radius 1 is 1.22 bits per heavy atom. The molecule has 2 heteroatoms. The maximum Gasteiger partial charge on any atom is 0.326 e. The molecule has 0 aromatic heterocycles. The van der Waals surface area contributed by atoms with E-state index in [1.807, 2.05) is 31.2 Å². The van der Waals surface area contributed by atoms with Crippen molar-refractivity contribution in [1.29, 1.82) is 0 Å². The van der Waals surface area contributed by atoms with Gasteiger partial charge >= 0.3 is 7.48 Å². The van der Waals surface area contributed by atoms with Crippen molar-refractivity contribution < 1.29 is 5.02 Å². The van der Waals surface area contributed by atoms with Crippen molar-refractivity contribution >= 4 is 12.9 Å². The lowest BCUT2D eigenvalue weighted by Crippen LogP contribution is -2.11. The van der Waals surface area contributed by atoms with Gasteiger partial charge in [0.25, 0.3) is 0 Å². The molecule has 0 saturated carbocycles. The zero-order chi connectivity index (χ0) is 6.69. The van der Waals surface area contributed by atoms with Crippen molar-refractivity contribution in [2.24, 2.45) is 0 Å². The molecule has 0 fully saturated rings. The molecule has 0 aliphatic carbocycles. The minimum absolute atomic E-state index is 0.848. The third kappa shape index (κ3) is 1.58.